The fourth-order valence-electron chi connectivity index (χ4n) is 2.74. The summed E-state index contributed by atoms with van der Waals surface area (Å²) in [6.07, 6.45) is 3.99. The lowest BCUT2D eigenvalue weighted by molar-refractivity contribution is 0.0310. The van der Waals surface area contributed by atoms with Crippen molar-refractivity contribution in [3.8, 4) is 0 Å². The lowest BCUT2D eigenvalue weighted by Crippen LogP contribution is -2.41. The second kappa shape index (κ2) is 6.99. The van der Waals surface area contributed by atoms with E-state index < -0.39 is 5.60 Å². The third-order valence-corrected chi connectivity index (χ3v) is 4.17. The van der Waals surface area contributed by atoms with Crippen LogP contribution in [0.4, 0.5) is 0 Å². The van der Waals surface area contributed by atoms with E-state index in [-0.39, 0.29) is 0 Å². The van der Waals surface area contributed by atoms with Crippen molar-refractivity contribution in [2.24, 2.45) is 5.10 Å². The molecule has 0 aliphatic carbocycles. The van der Waals surface area contributed by atoms with Gasteiger partial charge in [0, 0.05) is 10.6 Å². The molecule has 1 aliphatic rings. The molecule has 3 nitrogen and oxygen atoms in total. The van der Waals surface area contributed by atoms with Crippen molar-refractivity contribution in [3.05, 3.63) is 82.9 Å². The molecular weight excluding hydrogens is 308 g/mol. The number of hydrogen-bond donors (Lipinski definition) is 1. The first-order valence-corrected chi connectivity index (χ1v) is 8.02. The average molecular weight is 327 g/mol. The third kappa shape index (κ3) is 3.16. The molecule has 1 heterocycles. The smallest absolute Gasteiger partial charge is 0.156 e. The highest BCUT2D eigenvalue weighted by Gasteiger charge is 2.43. The van der Waals surface area contributed by atoms with Crippen molar-refractivity contribution in [3.63, 3.8) is 0 Å². The van der Waals surface area contributed by atoms with E-state index in [9.17, 15) is 0 Å². The molecule has 0 saturated carbocycles. The van der Waals surface area contributed by atoms with Crippen LogP contribution in [-0.4, -0.2) is 18.9 Å². The van der Waals surface area contributed by atoms with Gasteiger partial charge in [0.1, 0.15) is 5.71 Å². The third-order valence-electron chi connectivity index (χ3n) is 3.92. The molecule has 3 rings (SSSR count). The quantitative estimate of drug-likeness (QED) is 0.838. The highest BCUT2D eigenvalue weighted by Crippen LogP contribution is 2.33. The van der Waals surface area contributed by atoms with Crippen molar-refractivity contribution >= 4 is 17.3 Å². The molecule has 2 aromatic rings. The van der Waals surface area contributed by atoms with Gasteiger partial charge in [0.15, 0.2) is 5.60 Å². The molecular formula is C19H19ClN2O. The van der Waals surface area contributed by atoms with Crippen LogP contribution in [-0.2, 0) is 10.3 Å². The lowest BCUT2D eigenvalue weighted by Gasteiger charge is -2.30. The SMILES string of the molecule is C/C=C/COC1(c2ccccc2)CNN=C1c1ccc(Cl)cc1. The van der Waals surface area contributed by atoms with Gasteiger partial charge < -0.3 is 10.2 Å². The fraction of sp³-hybridized carbons (Fsp3) is 0.211. The number of benzene rings is 2. The van der Waals surface area contributed by atoms with Gasteiger partial charge in [-0.05, 0) is 24.6 Å². The average Bonchev–Trinajstić information content (AvgIpc) is 3.02. The molecule has 1 unspecified atom stereocenters. The van der Waals surface area contributed by atoms with Crippen LogP contribution in [0.3, 0.4) is 0 Å². The van der Waals surface area contributed by atoms with Gasteiger partial charge in [-0.15, -0.1) is 0 Å². The predicted molar refractivity (Wildman–Crippen MR) is 94.9 cm³/mol. The predicted octanol–water partition coefficient (Wildman–Crippen LogP) is 4.14. The molecule has 4 heteroatoms. The minimum atomic E-state index is -0.603. The number of rotatable bonds is 5. The summed E-state index contributed by atoms with van der Waals surface area (Å²) in [5, 5.41) is 5.23. The van der Waals surface area contributed by atoms with E-state index in [2.05, 4.69) is 22.7 Å². The van der Waals surface area contributed by atoms with E-state index in [1.807, 2.05) is 61.5 Å². The summed E-state index contributed by atoms with van der Waals surface area (Å²) >= 11 is 6.01. The minimum Gasteiger partial charge on any atom is -0.358 e. The van der Waals surface area contributed by atoms with Gasteiger partial charge in [-0.1, -0.05) is 66.2 Å². The molecule has 0 saturated heterocycles. The van der Waals surface area contributed by atoms with Gasteiger partial charge in [-0.3, -0.25) is 0 Å². The number of hydrazone groups is 1. The number of allylic oxidation sites excluding steroid dienone is 1. The van der Waals surface area contributed by atoms with Gasteiger partial charge in [-0.25, -0.2) is 0 Å². The maximum atomic E-state index is 6.30. The van der Waals surface area contributed by atoms with Crippen LogP contribution in [0.25, 0.3) is 0 Å². The number of nitrogens with one attached hydrogen (secondary N) is 1. The van der Waals surface area contributed by atoms with E-state index in [1.165, 1.54) is 0 Å². The Morgan fingerprint density at radius 1 is 1.17 bits per heavy atom. The summed E-state index contributed by atoms with van der Waals surface area (Å²) in [6.45, 7) is 3.12. The molecule has 23 heavy (non-hydrogen) atoms. The standard InChI is InChI=1S/C19H19ClN2O/c1-2-3-13-23-19(16-7-5-4-6-8-16)14-21-22-18(19)15-9-11-17(20)12-10-15/h2-12,21H,13-14H2,1H3/b3-2+. The van der Waals surface area contributed by atoms with E-state index in [0.717, 1.165) is 16.8 Å². The van der Waals surface area contributed by atoms with Crippen molar-refractivity contribution < 1.29 is 4.74 Å². The molecule has 1 atom stereocenters. The Hall–Kier alpha value is -2.10. The number of ether oxygens (including phenoxy) is 1. The van der Waals surface area contributed by atoms with Crippen molar-refractivity contribution in [2.45, 2.75) is 12.5 Å². The molecule has 0 spiro atoms. The van der Waals surface area contributed by atoms with Crippen LogP contribution < -0.4 is 5.43 Å². The van der Waals surface area contributed by atoms with Crippen LogP contribution in [0.2, 0.25) is 5.02 Å². The Labute approximate surface area is 141 Å². The number of halogens is 1. The zero-order valence-corrected chi connectivity index (χ0v) is 13.8. The van der Waals surface area contributed by atoms with Crippen molar-refractivity contribution in [2.75, 3.05) is 13.2 Å². The Morgan fingerprint density at radius 2 is 1.91 bits per heavy atom. The summed E-state index contributed by atoms with van der Waals surface area (Å²) in [6, 6.07) is 17.9. The van der Waals surface area contributed by atoms with Crippen LogP contribution >= 0.6 is 11.6 Å². The molecule has 0 radical (unpaired) electrons. The van der Waals surface area contributed by atoms with Crippen LogP contribution in [0.5, 0.6) is 0 Å². The molecule has 0 fully saturated rings. The lowest BCUT2D eigenvalue weighted by atomic mass is 9.85. The molecule has 1 aliphatic heterocycles. The van der Waals surface area contributed by atoms with E-state index in [1.54, 1.807) is 0 Å². The number of hydrogen-bond acceptors (Lipinski definition) is 3. The molecule has 0 amide bonds. The monoisotopic (exact) mass is 326 g/mol. The summed E-state index contributed by atoms with van der Waals surface area (Å²) in [7, 11) is 0. The maximum Gasteiger partial charge on any atom is 0.156 e. The van der Waals surface area contributed by atoms with E-state index in [4.69, 9.17) is 16.3 Å². The largest absolute Gasteiger partial charge is 0.358 e. The highest BCUT2D eigenvalue weighted by atomic mass is 35.5. The second-order valence-electron chi connectivity index (χ2n) is 5.38. The first-order chi connectivity index (χ1) is 11.3. The molecule has 1 N–H and O–H groups in total. The first-order valence-electron chi connectivity index (χ1n) is 7.64. The number of nitrogens with zero attached hydrogens (tertiary/aromatic N) is 1. The van der Waals surface area contributed by atoms with Gasteiger partial charge in [-0.2, -0.15) is 5.10 Å². The summed E-state index contributed by atoms with van der Waals surface area (Å²) in [5.41, 5.74) is 5.47. The summed E-state index contributed by atoms with van der Waals surface area (Å²) < 4.78 is 6.30. The topological polar surface area (TPSA) is 33.6 Å². The Kier molecular flexibility index (Phi) is 4.79. The Balaban J connectivity index is 2.03. The van der Waals surface area contributed by atoms with Crippen molar-refractivity contribution in [1.29, 1.82) is 0 Å². The molecule has 0 bridgehead atoms. The van der Waals surface area contributed by atoms with Gasteiger partial charge in [0.25, 0.3) is 0 Å². The first kappa shape index (κ1) is 15.8. The van der Waals surface area contributed by atoms with Crippen LogP contribution in [0.15, 0.2) is 71.9 Å². The van der Waals surface area contributed by atoms with Crippen LogP contribution in [0, 0.1) is 0 Å². The zero-order chi connectivity index (χ0) is 16.1. The molecule has 2 aromatic carbocycles. The summed E-state index contributed by atoms with van der Waals surface area (Å²) in [4.78, 5) is 0. The van der Waals surface area contributed by atoms with Crippen LogP contribution in [0.1, 0.15) is 18.1 Å². The Morgan fingerprint density at radius 3 is 2.61 bits per heavy atom. The van der Waals surface area contributed by atoms with Gasteiger partial charge in [0.05, 0.1) is 13.2 Å². The van der Waals surface area contributed by atoms with Gasteiger partial charge in [0.2, 0.25) is 0 Å². The maximum absolute atomic E-state index is 6.30. The van der Waals surface area contributed by atoms with E-state index >= 15 is 0 Å². The normalized spacial score (nSPS) is 20.5. The van der Waals surface area contributed by atoms with E-state index in [0.29, 0.717) is 18.2 Å². The van der Waals surface area contributed by atoms with Gasteiger partial charge >= 0.3 is 0 Å². The second-order valence-corrected chi connectivity index (χ2v) is 5.81. The summed E-state index contributed by atoms with van der Waals surface area (Å²) in [5.74, 6) is 0. The zero-order valence-electron chi connectivity index (χ0n) is 13.0. The molecule has 118 valence electrons. The molecule has 0 aromatic heterocycles. The highest BCUT2D eigenvalue weighted by molar-refractivity contribution is 6.30. The van der Waals surface area contributed by atoms with Crippen molar-refractivity contribution in [1.82, 2.24) is 5.43 Å². The fourth-order valence-corrected chi connectivity index (χ4v) is 2.87. The Bertz CT molecular complexity index is 710. The minimum absolute atomic E-state index is 0.527.